The van der Waals surface area contributed by atoms with Crippen molar-refractivity contribution in [3.8, 4) is 5.88 Å². The van der Waals surface area contributed by atoms with Crippen LogP contribution >= 0.6 is 35.6 Å². The number of rotatable bonds is 9. The maximum Gasteiger partial charge on any atom is 0.213 e. The molecule has 1 atom stereocenters. The fourth-order valence-electron chi connectivity index (χ4n) is 1.77. The smallest absolute Gasteiger partial charge is 0.213 e. The highest BCUT2D eigenvalue weighted by molar-refractivity contribution is 14.0. The van der Waals surface area contributed by atoms with Crippen LogP contribution in [0.4, 0.5) is 0 Å². The maximum absolute atomic E-state index is 11.2. The number of aliphatic imine (C=N–C) groups is 1. The number of halogens is 2. The first-order valence-corrected chi connectivity index (χ1v) is 10.2. The molecular weight excluding hydrogens is 479 g/mol. The second-order valence-corrected chi connectivity index (χ2v) is 8.08. The van der Waals surface area contributed by atoms with Crippen molar-refractivity contribution < 1.29 is 13.2 Å². The molecule has 1 aromatic rings. The number of sulfone groups is 1. The molecule has 1 aromatic heterocycles. The molecule has 0 saturated heterocycles. The van der Waals surface area contributed by atoms with E-state index >= 15 is 0 Å². The Hall–Kier alpha value is -0.810. The zero-order chi connectivity index (χ0) is 18.0. The van der Waals surface area contributed by atoms with E-state index < -0.39 is 9.84 Å². The molecule has 0 aromatic carbocycles. The molecular formula is C15H26ClIN4O3S. The summed E-state index contributed by atoms with van der Waals surface area (Å²) in [6.07, 6.45) is 3.28. The molecule has 0 saturated carbocycles. The molecule has 2 N–H and O–H groups in total. The molecule has 0 spiro atoms. The van der Waals surface area contributed by atoms with Gasteiger partial charge in [-0.1, -0.05) is 11.6 Å². The molecule has 25 heavy (non-hydrogen) atoms. The van der Waals surface area contributed by atoms with Crippen LogP contribution < -0.4 is 15.4 Å². The van der Waals surface area contributed by atoms with E-state index in [4.69, 9.17) is 16.3 Å². The Bertz CT molecular complexity index is 626. The fraction of sp³-hybridized carbons (Fsp3) is 0.600. The van der Waals surface area contributed by atoms with Gasteiger partial charge in [-0.05, 0) is 26.3 Å². The van der Waals surface area contributed by atoms with E-state index in [1.165, 1.54) is 12.5 Å². The summed E-state index contributed by atoms with van der Waals surface area (Å²) in [6.45, 7) is 5.42. The topological polar surface area (TPSA) is 92.7 Å². The number of ether oxygens (including phenoxy) is 1. The largest absolute Gasteiger partial charge is 0.476 e. The Morgan fingerprint density at radius 2 is 2.16 bits per heavy atom. The van der Waals surface area contributed by atoms with Crippen molar-refractivity contribution in [2.24, 2.45) is 4.99 Å². The standard InChI is InChI=1S/C15H25ClN4O3S.HI/c1-4-17-15(20-12(2)7-10-24(3,21)22)18-8-9-23-14-6-5-13(16)11-19-14;/h5-6,11-12H,4,7-10H2,1-3H3,(H2,17,18,20);1H. The van der Waals surface area contributed by atoms with Crippen molar-refractivity contribution in [2.45, 2.75) is 26.3 Å². The molecule has 0 aliphatic rings. The van der Waals surface area contributed by atoms with E-state index in [9.17, 15) is 8.42 Å². The van der Waals surface area contributed by atoms with Gasteiger partial charge in [0, 0.05) is 31.1 Å². The summed E-state index contributed by atoms with van der Waals surface area (Å²) in [6, 6.07) is 3.40. The Balaban J connectivity index is 0.00000576. The monoisotopic (exact) mass is 504 g/mol. The number of guanidine groups is 1. The van der Waals surface area contributed by atoms with Gasteiger partial charge in [0.2, 0.25) is 5.88 Å². The first-order valence-electron chi connectivity index (χ1n) is 7.77. The number of nitrogens with zero attached hydrogens (tertiary/aromatic N) is 2. The molecule has 0 aliphatic carbocycles. The number of pyridine rings is 1. The highest BCUT2D eigenvalue weighted by atomic mass is 127. The summed E-state index contributed by atoms with van der Waals surface area (Å²) in [5, 5.41) is 6.86. The Kier molecular flexibility index (Phi) is 12.1. The minimum absolute atomic E-state index is 0. The van der Waals surface area contributed by atoms with Crippen molar-refractivity contribution >= 4 is 51.4 Å². The maximum atomic E-state index is 11.2. The van der Waals surface area contributed by atoms with Crippen LogP contribution in [0.15, 0.2) is 23.3 Å². The lowest BCUT2D eigenvalue weighted by Crippen LogP contribution is -2.43. The summed E-state index contributed by atoms with van der Waals surface area (Å²) in [4.78, 5) is 8.43. The van der Waals surface area contributed by atoms with Crippen LogP contribution in [-0.4, -0.2) is 57.1 Å². The summed E-state index contributed by atoms with van der Waals surface area (Å²) < 4.78 is 27.9. The van der Waals surface area contributed by atoms with Crippen LogP contribution in [0.25, 0.3) is 0 Å². The third-order valence-corrected chi connectivity index (χ3v) is 4.16. The van der Waals surface area contributed by atoms with Gasteiger partial charge in [0.15, 0.2) is 5.96 Å². The quantitative estimate of drug-likeness (QED) is 0.232. The van der Waals surface area contributed by atoms with Crippen molar-refractivity contribution in [1.29, 1.82) is 0 Å². The first-order chi connectivity index (χ1) is 11.3. The van der Waals surface area contributed by atoms with Gasteiger partial charge in [-0.25, -0.2) is 18.4 Å². The van der Waals surface area contributed by atoms with Gasteiger partial charge in [-0.15, -0.1) is 24.0 Å². The molecule has 0 amide bonds. The van der Waals surface area contributed by atoms with Crippen LogP contribution in [0.5, 0.6) is 5.88 Å². The number of nitrogens with one attached hydrogen (secondary N) is 2. The minimum atomic E-state index is -2.96. The highest BCUT2D eigenvalue weighted by Gasteiger charge is 2.09. The molecule has 0 radical (unpaired) electrons. The van der Waals surface area contributed by atoms with Gasteiger partial charge in [-0.3, -0.25) is 0 Å². The Morgan fingerprint density at radius 3 is 2.72 bits per heavy atom. The predicted molar refractivity (Wildman–Crippen MR) is 113 cm³/mol. The molecule has 10 heteroatoms. The average Bonchev–Trinajstić information content (AvgIpc) is 2.51. The number of aromatic nitrogens is 1. The zero-order valence-electron chi connectivity index (χ0n) is 14.7. The summed E-state index contributed by atoms with van der Waals surface area (Å²) in [5.74, 6) is 1.27. The van der Waals surface area contributed by atoms with Gasteiger partial charge in [-0.2, -0.15) is 0 Å². The van der Waals surface area contributed by atoms with Crippen LogP contribution in [0.1, 0.15) is 20.3 Å². The second kappa shape index (κ2) is 12.5. The molecule has 1 heterocycles. The van der Waals surface area contributed by atoms with Crippen molar-refractivity contribution in [3.63, 3.8) is 0 Å². The molecule has 1 unspecified atom stereocenters. The van der Waals surface area contributed by atoms with Crippen LogP contribution in [0.2, 0.25) is 5.02 Å². The van der Waals surface area contributed by atoms with Crippen LogP contribution in [0, 0.1) is 0 Å². The normalized spacial score (nSPS) is 12.9. The van der Waals surface area contributed by atoms with Gasteiger partial charge in [0.25, 0.3) is 0 Å². The molecule has 1 rings (SSSR count). The van der Waals surface area contributed by atoms with E-state index in [-0.39, 0.29) is 35.8 Å². The molecule has 0 fully saturated rings. The number of hydrogen-bond donors (Lipinski definition) is 2. The van der Waals surface area contributed by atoms with Crippen molar-refractivity contribution in [2.75, 3.05) is 31.7 Å². The Labute approximate surface area is 171 Å². The van der Waals surface area contributed by atoms with Crippen LogP contribution in [-0.2, 0) is 9.84 Å². The second-order valence-electron chi connectivity index (χ2n) is 5.39. The van der Waals surface area contributed by atoms with E-state index in [1.54, 1.807) is 12.1 Å². The van der Waals surface area contributed by atoms with E-state index in [0.717, 1.165) is 0 Å². The lowest BCUT2D eigenvalue weighted by Gasteiger charge is -2.17. The van der Waals surface area contributed by atoms with Crippen molar-refractivity contribution in [1.82, 2.24) is 15.6 Å². The van der Waals surface area contributed by atoms with Crippen molar-refractivity contribution in [3.05, 3.63) is 23.4 Å². The van der Waals surface area contributed by atoms with Gasteiger partial charge >= 0.3 is 0 Å². The third kappa shape index (κ3) is 12.2. The zero-order valence-corrected chi connectivity index (χ0v) is 18.6. The minimum Gasteiger partial charge on any atom is -0.476 e. The van der Waals surface area contributed by atoms with Gasteiger partial charge in [0.05, 0.1) is 17.3 Å². The number of hydrogen-bond acceptors (Lipinski definition) is 5. The van der Waals surface area contributed by atoms with Gasteiger partial charge < -0.3 is 15.4 Å². The van der Waals surface area contributed by atoms with Crippen LogP contribution in [0.3, 0.4) is 0 Å². The third-order valence-electron chi connectivity index (χ3n) is 2.96. The van der Waals surface area contributed by atoms with Gasteiger partial charge in [0.1, 0.15) is 16.4 Å². The lowest BCUT2D eigenvalue weighted by atomic mass is 10.3. The molecule has 0 aliphatic heterocycles. The average molecular weight is 505 g/mol. The lowest BCUT2D eigenvalue weighted by molar-refractivity contribution is 0.316. The fourth-order valence-corrected chi connectivity index (χ4v) is 2.67. The van der Waals surface area contributed by atoms with E-state index in [1.807, 2.05) is 13.8 Å². The van der Waals surface area contributed by atoms with E-state index in [2.05, 4.69) is 20.6 Å². The Morgan fingerprint density at radius 1 is 1.44 bits per heavy atom. The summed E-state index contributed by atoms with van der Waals surface area (Å²) >= 11 is 5.76. The molecule has 0 bridgehead atoms. The van der Waals surface area contributed by atoms with E-state index in [0.29, 0.717) is 43.0 Å². The highest BCUT2D eigenvalue weighted by Crippen LogP contribution is 2.11. The predicted octanol–water partition coefficient (Wildman–Crippen LogP) is 2.11. The summed E-state index contributed by atoms with van der Waals surface area (Å²) in [5.41, 5.74) is 0. The SMILES string of the molecule is CCNC(=NCCOc1ccc(Cl)cn1)NC(C)CCS(C)(=O)=O.I. The molecule has 144 valence electrons. The first kappa shape index (κ1) is 24.2. The summed E-state index contributed by atoms with van der Waals surface area (Å²) in [7, 11) is -2.96. The molecule has 7 nitrogen and oxygen atoms in total.